The molecule has 0 aliphatic carbocycles. The minimum atomic E-state index is -0.145. The van der Waals surface area contributed by atoms with Gasteiger partial charge in [-0.2, -0.15) is 0 Å². The maximum absolute atomic E-state index is 13.1. The van der Waals surface area contributed by atoms with E-state index in [9.17, 15) is 4.79 Å². The summed E-state index contributed by atoms with van der Waals surface area (Å²) in [5.41, 5.74) is 3.93. The molecular weight excluding hydrogens is 378 g/mol. The summed E-state index contributed by atoms with van der Waals surface area (Å²) in [5.74, 6) is 0.107. The second-order valence-corrected chi connectivity index (χ2v) is 7.74. The summed E-state index contributed by atoms with van der Waals surface area (Å²) in [5, 5.41) is 6.43. The van der Waals surface area contributed by atoms with Gasteiger partial charge in [0.2, 0.25) is 0 Å². The van der Waals surface area contributed by atoms with Crippen LogP contribution in [0.25, 0.3) is 10.8 Å². The van der Waals surface area contributed by atoms with Crippen molar-refractivity contribution in [3.8, 4) is 0 Å². The first-order valence-corrected chi connectivity index (χ1v) is 10.1. The summed E-state index contributed by atoms with van der Waals surface area (Å²) < 4.78 is 0. The number of nitrogens with one attached hydrogen (secondary N) is 1. The molecular formula is C26H22ClNO. The Hall–Kier alpha value is -3.10. The van der Waals surface area contributed by atoms with Crippen LogP contribution in [-0.4, -0.2) is 5.78 Å². The Morgan fingerprint density at radius 2 is 1.62 bits per heavy atom. The number of ketones is 1. The highest BCUT2D eigenvalue weighted by Crippen LogP contribution is 2.27. The molecule has 0 aromatic heterocycles. The van der Waals surface area contributed by atoms with Crippen LogP contribution >= 0.6 is 11.6 Å². The van der Waals surface area contributed by atoms with Crippen molar-refractivity contribution >= 4 is 33.8 Å². The maximum atomic E-state index is 13.1. The number of benzene rings is 4. The SMILES string of the molecule is Cc1cccc(NC(CC(=O)c2ccc3ccccc3c2)c2ccc(Cl)cc2)c1. The first-order chi connectivity index (χ1) is 14.1. The fourth-order valence-electron chi connectivity index (χ4n) is 3.55. The van der Waals surface area contributed by atoms with Gasteiger partial charge in [-0.15, -0.1) is 0 Å². The Kier molecular flexibility index (Phi) is 5.64. The average molecular weight is 400 g/mol. The van der Waals surface area contributed by atoms with Crippen LogP contribution in [0.1, 0.15) is 33.9 Å². The second kappa shape index (κ2) is 8.50. The summed E-state index contributed by atoms with van der Waals surface area (Å²) in [6, 6.07) is 29.7. The molecule has 29 heavy (non-hydrogen) atoms. The predicted octanol–water partition coefficient (Wildman–Crippen LogP) is 7.23. The van der Waals surface area contributed by atoms with Crippen molar-refractivity contribution in [2.24, 2.45) is 0 Å². The smallest absolute Gasteiger partial charge is 0.165 e. The predicted molar refractivity (Wildman–Crippen MR) is 122 cm³/mol. The standard InChI is InChI=1S/C26H22ClNO/c1-18-5-4-8-24(15-18)28-25(20-11-13-23(27)14-12-20)17-26(29)22-10-9-19-6-2-3-7-21(19)16-22/h2-16,25,28H,17H2,1H3. The Labute approximate surface area is 176 Å². The first kappa shape index (κ1) is 19.2. The molecule has 1 N–H and O–H groups in total. The Morgan fingerprint density at radius 1 is 0.862 bits per heavy atom. The van der Waals surface area contributed by atoms with E-state index in [4.69, 9.17) is 11.6 Å². The van der Waals surface area contributed by atoms with Crippen LogP contribution in [0.2, 0.25) is 5.02 Å². The van der Waals surface area contributed by atoms with Crippen LogP contribution < -0.4 is 5.32 Å². The Morgan fingerprint density at radius 3 is 2.38 bits per heavy atom. The average Bonchev–Trinajstić information content (AvgIpc) is 2.73. The number of carbonyl (C=O) groups is 1. The van der Waals surface area contributed by atoms with Gasteiger partial charge in [0.25, 0.3) is 0 Å². The summed E-state index contributed by atoms with van der Waals surface area (Å²) in [7, 11) is 0. The van der Waals surface area contributed by atoms with E-state index in [0.29, 0.717) is 11.4 Å². The third kappa shape index (κ3) is 4.67. The molecule has 0 saturated carbocycles. The van der Waals surface area contributed by atoms with E-state index >= 15 is 0 Å². The van der Waals surface area contributed by atoms with Gasteiger partial charge < -0.3 is 5.32 Å². The normalized spacial score (nSPS) is 11.9. The number of hydrogen-bond acceptors (Lipinski definition) is 2. The van der Waals surface area contributed by atoms with Crippen molar-refractivity contribution in [2.75, 3.05) is 5.32 Å². The zero-order valence-electron chi connectivity index (χ0n) is 16.2. The number of aryl methyl sites for hydroxylation is 1. The fraction of sp³-hybridized carbons (Fsp3) is 0.115. The summed E-state index contributed by atoms with van der Waals surface area (Å²) >= 11 is 6.07. The van der Waals surface area contributed by atoms with Crippen LogP contribution in [0.5, 0.6) is 0 Å². The topological polar surface area (TPSA) is 29.1 Å². The largest absolute Gasteiger partial charge is 0.378 e. The third-order valence-corrected chi connectivity index (χ3v) is 5.34. The van der Waals surface area contributed by atoms with Crippen LogP contribution in [0.15, 0.2) is 91.0 Å². The van der Waals surface area contributed by atoms with E-state index < -0.39 is 0 Å². The van der Waals surface area contributed by atoms with Gasteiger partial charge >= 0.3 is 0 Å². The molecule has 0 aliphatic rings. The van der Waals surface area contributed by atoms with Crippen LogP contribution in [0, 0.1) is 6.92 Å². The summed E-state index contributed by atoms with van der Waals surface area (Å²) in [4.78, 5) is 13.1. The van der Waals surface area contributed by atoms with Crippen molar-refractivity contribution in [1.29, 1.82) is 0 Å². The van der Waals surface area contributed by atoms with Crippen LogP contribution in [0.3, 0.4) is 0 Å². The van der Waals surface area contributed by atoms with Crippen molar-refractivity contribution in [3.05, 3.63) is 113 Å². The van der Waals surface area contributed by atoms with E-state index in [1.54, 1.807) is 0 Å². The summed E-state index contributed by atoms with van der Waals surface area (Å²) in [6.45, 7) is 2.06. The summed E-state index contributed by atoms with van der Waals surface area (Å²) in [6.07, 6.45) is 0.355. The lowest BCUT2D eigenvalue weighted by molar-refractivity contribution is 0.0976. The fourth-order valence-corrected chi connectivity index (χ4v) is 3.68. The van der Waals surface area contributed by atoms with Crippen molar-refractivity contribution < 1.29 is 4.79 Å². The van der Waals surface area contributed by atoms with Gasteiger partial charge in [-0.3, -0.25) is 4.79 Å². The molecule has 1 atom stereocenters. The molecule has 0 amide bonds. The number of rotatable bonds is 6. The molecule has 4 aromatic carbocycles. The monoisotopic (exact) mass is 399 g/mol. The second-order valence-electron chi connectivity index (χ2n) is 7.31. The maximum Gasteiger partial charge on any atom is 0.165 e. The molecule has 4 aromatic rings. The molecule has 0 radical (unpaired) electrons. The number of anilines is 1. The Bertz CT molecular complexity index is 1150. The van der Waals surface area contributed by atoms with Crippen LogP contribution in [0.4, 0.5) is 5.69 Å². The van der Waals surface area contributed by atoms with Crippen molar-refractivity contribution in [2.45, 2.75) is 19.4 Å². The molecule has 4 rings (SSSR count). The molecule has 0 bridgehead atoms. The molecule has 0 spiro atoms. The molecule has 0 heterocycles. The van der Waals surface area contributed by atoms with E-state index in [-0.39, 0.29) is 11.8 Å². The lowest BCUT2D eigenvalue weighted by Gasteiger charge is -2.20. The van der Waals surface area contributed by atoms with Crippen LogP contribution in [-0.2, 0) is 0 Å². The number of fused-ring (bicyclic) bond motifs is 1. The third-order valence-electron chi connectivity index (χ3n) is 5.09. The zero-order chi connectivity index (χ0) is 20.2. The molecule has 3 heteroatoms. The van der Waals surface area contributed by atoms with Gasteiger partial charge in [-0.25, -0.2) is 0 Å². The molecule has 144 valence electrons. The van der Waals surface area contributed by atoms with Gasteiger partial charge in [-0.1, -0.05) is 72.3 Å². The quantitative estimate of drug-likeness (QED) is 0.346. The molecule has 0 aliphatic heterocycles. The van der Waals surface area contributed by atoms with Gasteiger partial charge in [0.15, 0.2) is 5.78 Å². The highest BCUT2D eigenvalue weighted by atomic mass is 35.5. The number of halogens is 1. The van der Waals surface area contributed by atoms with E-state index in [1.807, 2.05) is 72.8 Å². The Balaban J connectivity index is 1.62. The lowest BCUT2D eigenvalue weighted by atomic mass is 9.96. The molecule has 1 unspecified atom stereocenters. The van der Waals surface area contributed by atoms with E-state index in [1.165, 1.54) is 5.56 Å². The van der Waals surface area contributed by atoms with E-state index in [2.05, 4.69) is 30.4 Å². The highest BCUT2D eigenvalue weighted by Gasteiger charge is 2.18. The zero-order valence-corrected chi connectivity index (χ0v) is 17.0. The molecule has 0 saturated heterocycles. The minimum Gasteiger partial charge on any atom is -0.378 e. The molecule has 2 nitrogen and oxygen atoms in total. The lowest BCUT2D eigenvalue weighted by Crippen LogP contribution is -2.16. The minimum absolute atomic E-state index is 0.107. The van der Waals surface area contributed by atoms with E-state index in [0.717, 1.165) is 27.6 Å². The van der Waals surface area contributed by atoms with Gasteiger partial charge in [0.1, 0.15) is 0 Å². The van der Waals surface area contributed by atoms with Gasteiger partial charge in [-0.05, 0) is 59.2 Å². The van der Waals surface area contributed by atoms with Crippen molar-refractivity contribution in [1.82, 2.24) is 0 Å². The number of carbonyl (C=O) groups excluding carboxylic acids is 1. The number of Topliss-reactive ketones (excluding diaryl/α,β-unsaturated/α-hetero) is 1. The molecule has 0 fully saturated rings. The highest BCUT2D eigenvalue weighted by molar-refractivity contribution is 6.30. The number of hydrogen-bond donors (Lipinski definition) is 1. The van der Waals surface area contributed by atoms with Gasteiger partial charge in [0, 0.05) is 22.7 Å². The first-order valence-electron chi connectivity index (χ1n) is 9.69. The van der Waals surface area contributed by atoms with Gasteiger partial charge in [0.05, 0.1) is 6.04 Å². The van der Waals surface area contributed by atoms with Crippen molar-refractivity contribution in [3.63, 3.8) is 0 Å².